The highest BCUT2D eigenvalue weighted by atomic mass is 16.6. The fraction of sp³-hybridized carbons (Fsp3) is 0.438. The van der Waals surface area contributed by atoms with Gasteiger partial charge in [-0.15, -0.1) is 0 Å². The number of amides is 1. The zero-order valence-electron chi connectivity index (χ0n) is 12.4. The number of benzene rings is 1. The van der Waals surface area contributed by atoms with Crippen LogP contribution in [0.4, 0.5) is 10.5 Å². The Bertz CT molecular complexity index is 643. The first kappa shape index (κ1) is 14.4. The van der Waals surface area contributed by atoms with Gasteiger partial charge in [0.15, 0.2) is 0 Å². The number of rotatable bonds is 4. The van der Waals surface area contributed by atoms with Gasteiger partial charge in [-0.1, -0.05) is 12.1 Å². The van der Waals surface area contributed by atoms with E-state index in [1.54, 1.807) is 11.8 Å². The molecule has 0 spiro atoms. The van der Waals surface area contributed by atoms with Crippen LogP contribution in [-0.2, 0) is 10.2 Å². The van der Waals surface area contributed by atoms with Crippen molar-refractivity contribution in [3.8, 4) is 6.07 Å². The van der Waals surface area contributed by atoms with Crippen molar-refractivity contribution in [2.45, 2.75) is 31.3 Å². The van der Waals surface area contributed by atoms with Crippen molar-refractivity contribution in [2.24, 2.45) is 0 Å². The van der Waals surface area contributed by atoms with E-state index in [9.17, 15) is 10.1 Å². The molecular formula is C16H18N4O2. The first-order valence-electron chi connectivity index (χ1n) is 7.33. The van der Waals surface area contributed by atoms with Crippen LogP contribution in [-0.4, -0.2) is 31.1 Å². The molecule has 0 unspecified atom stereocenters. The van der Waals surface area contributed by atoms with Crippen LogP contribution < -0.4 is 10.2 Å². The van der Waals surface area contributed by atoms with Crippen LogP contribution in [0.1, 0.15) is 25.3 Å². The zero-order valence-corrected chi connectivity index (χ0v) is 12.4. The molecule has 1 aliphatic carbocycles. The fourth-order valence-electron chi connectivity index (χ4n) is 2.66. The predicted molar refractivity (Wildman–Crippen MR) is 82.0 cm³/mol. The van der Waals surface area contributed by atoms with Crippen LogP contribution in [0.5, 0.6) is 0 Å². The normalized spacial score (nSPS) is 21.9. The van der Waals surface area contributed by atoms with E-state index in [0.29, 0.717) is 18.9 Å². The summed E-state index contributed by atoms with van der Waals surface area (Å²) < 4.78 is 5.29. The number of nitriles is 1. The molecule has 2 aliphatic rings. The van der Waals surface area contributed by atoms with E-state index in [1.165, 1.54) is 0 Å². The average molecular weight is 298 g/mol. The summed E-state index contributed by atoms with van der Waals surface area (Å²) in [5.74, 6) is 0.352. The van der Waals surface area contributed by atoms with E-state index in [0.717, 1.165) is 24.1 Å². The lowest BCUT2D eigenvalue weighted by atomic mass is 9.97. The minimum Gasteiger partial charge on any atom is -0.442 e. The predicted octanol–water partition coefficient (Wildman–Crippen LogP) is 2.15. The molecule has 1 heterocycles. The van der Waals surface area contributed by atoms with Gasteiger partial charge in [-0.05, 0) is 37.5 Å². The molecule has 3 rings (SSSR count). The molecule has 0 aromatic heterocycles. The van der Waals surface area contributed by atoms with E-state index in [1.807, 2.05) is 24.3 Å². The first-order chi connectivity index (χ1) is 10.5. The summed E-state index contributed by atoms with van der Waals surface area (Å²) in [6.07, 6.45) is 1.18. The fourth-order valence-corrected chi connectivity index (χ4v) is 2.66. The van der Waals surface area contributed by atoms with Crippen LogP contribution in [0.2, 0.25) is 0 Å². The van der Waals surface area contributed by atoms with Crippen LogP contribution in [0, 0.1) is 16.7 Å². The summed E-state index contributed by atoms with van der Waals surface area (Å²) in [5.41, 5.74) is 1.48. The third-order valence-electron chi connectivity index (χ3n) is 4.16. The maximum absolute atomic E-state index is 12.0. The Labute approximate surface area is 129 Å². The molecule has 114 valence electrons. The Kier molecular flexibility index (Phi) is 3.49. The highest BCUT2D eigenvalue weighted by molar-refractivity contribution is 5.89. The Balaban J connectivity index is 1.68. The first-order valence-corrected chi connectivity index (χ1v) is 7.33. The number of carbonyl (C=O) groups excluding carboxylic acids is 1. The topological polar surface area (TPSA) is 89.2 Å². The third-order valence-corrected chi connectivity index (χ3v) is 4.16. The van der Waals surface area contributed by atoms with E-state index < -0.39 is 0 Å². The Morgan fingerprint density at radius 3 is 2.73 bits per heavy atom. The van der Waals surface area contributed by atoms with Gasteiger partial charge in [-0.3, -0.25) is 10.3 Å². The summed E-state index contributed by atoms with van der Waals surface area (Å²) in [7, 11) is 0. The quantitative estimate of drug-likeness (QED) is 0.658. The van der Waals surface area contributed by atoms with Crippen LogP contribution in [0.25, 0.3) is 0 Å². The number of hydrogen-bond acceptors (Lipinski definition) is 4. The molecule has 1 aromatic rings. The molecule has 1 aliphatic heterocycles. The Morgan fingerprint density at radius 2 is 2.18 bits per heavy atom. The van der Waals surface area contributed by atoms with Crippen molar-refractivity contribution in [3.63, 3.8) is 0 Å². The molecular weight excluding hydrogens is 280 g/mol. The van der Waals surface area contributed by atoms with Gasteiger partial charge < -0.3 is 10.1 Å². The van der Waals surface area contributed by atoms with E-state index >= 15 is 0 Å². The lowest BCUT2D eigenvalue weighted by Crippen LogP contribution is -2.33. The van der Waals surface area contributed by atoms with E-state index in [2.05, 4.69) is 11.4 Å². The van der Waals surface area contributed by atoms with Gasteiger partial charge in [-0.2, -0.15) is 5.26 Å². The van der Waals surface area contributed by atoms with Gasteiger partial charge in [0, 0.05) is 5.69 Å². The maximum atomic E-state index is 12.0. The summed E-state index contributed by atoms with van der Waals surface area (Å²) in [6.45, 7) is 2.55. The van der Waals surface area contributed by atoms with E-state index in [-0.39, 0.29) is 17.6 Å². The van der Waals surface area contributed by atoms with Crippen molar-refractivity contribution in [3.05, 3.63) is 29.8 Å². The SMILES string of the molecule is CC(=N)NC[C@H]1CN(c2ccc(C3(C#N)CC3)cc2)C(=O)O1. The number of carbonyl (C=O) groups is 1. The largest absolute Gasteiger partial charge is 0.442 e. The molecule has 1 saturated heterocycles. The molecule has 22 heavy (non-hydrogen) atoms. The molecule has 1 atom stereocenters. The minimum atomic E-state index is -0.372. The van der Waals surface area contributed by atoms with Gasteiger partial charge in [0.25, 0.3) is 0 Å². The molecule has 6 heteroatoms. The van der Waals surface area contributed by atoms with Crippen molar-refractivity contribution in [2.75, 3.05) is 18.0 Å². The summed E-state index contributed by atoms with van der Waals surface area (Å²) in [5, 5.41) is 19.4. The molecule has 1 aromatic carbocycles. The number of amidine groups is 1. The molecule has 0 radical (unpaired) electrons. The zero-order chi connectivity index (χ0) is 15.7. The highest BCUT2D eigenvalue weighted by Crippen LogP contribution is 2.47. The number of ether oxygens (including phenoxy) is 1. The minimum absolute atomic E-state index is 0.263. The number of anilines is 1. The number of nitrogens with zero attached hydrogens (tertiary/aromatic N) is 2. The lowest BCUT2D eigenvalue weighted by molar-refractivity contribution is 0.142. The van der Waals surface area contributed by atoms with Crippen molar-refractivity contribution < 1.29 is 9.53 Å². The second-order valence-electron chi connectivity index (χ2n) is 5.86. The van der Waals surface area contributed by atoms with Gasteiger partial charge in [-0.25, -0.2) is 4.79 Å². The number of hydrogen-bond donors (Lipinski definition) is 2. The smallest absolute Gasteiger partial charge is 0.414 e. The van der Waals surface area contributed by atoms with Crippen molar-refractivity contribution in [1.82, 2.24) is 5.32 Å². The second kappa shape index (κ2) is 5.34. The summed E-state index contributed by atoms with van der Waals surface area (Å²) >= 11 is 0. The Morgan fingerprint density at radius 1 is 1.50 bits per heavy atom. The summed E-state index contributed by atoms with van der Waals surface area (Å²) in [6, 6.07) is 9.95. The number of cyclic esters (lactones) is 1. The second-order valence-corrected chi connectivity index (χ2v) is 5.86. The third kappa shape index (κ3) is 2.62. The highest BCUT2D eigenvalue weighted by Gasteiger charge is 2.44. The molecule has 1 saturated carbocycles. The van der Waals surface area contributed by atoms with Crippen molar-refractivity contribution in [1.29, 1.82) is 10.7 Å². The van der Waals surface area contributed by atoms with Gasteiger partial charge in [0.1, 0.15) is 6.10 Å². The standard InChI is InChI=1S/C16H18N4O2/c1-11(18)19-8-14-9-20(15(21)22-14)13-4-2-12(3-5-13)16(10-17)6-7-16/h2-5,14H,6-9H2,1H3,(H2,18,19)/t14-/m0/s1. The van der Waals surface area contributed by atoms with Crippen molar-refractivity contribution >= 4 is 17.6 Å². The van der Waals surface area contributed by atoms with Gasteiger partial charge in [0.2, 0.25) is 0 Å². The van der Waals surface area contributed by atoms with Crippen LogP contribution >= 0.6 is 0 Å². The molecule has 0 bridgehead atoms. The van der Waals surface area contributed by atoms with Gasteiger partial charge >= 0.3 is 6.09 Å². The molecule has 2 fully saturated rings. The summed E-state index contributed by atoms with van der Waals surface area (Å²) in [4.78, 5) is 13.5. The average Bonchev–Trinajstić information content (AvgIpc) is 3.23. The number of nitrogens with one attached hydrogen (secondary N) is 2. The molecule has 1 amide bonds. The van der Waals surface area contributed by atoms with Crippen LogP contribution in [0.15, 0.2) is 24.3 Å². The molecule has 2 N–H and O–H groups in total. The lowest BCUT2D eigenvalue weighted by Gasteiger charge is -2.14. The Hall–Kier alpha value is -2.55. The maximum Gasteiger partial charge on any atom is 0.414 e. The van der Waals surface area contributed by atoms with Crippen LogP contribution in [0.3, 0.4) is 0 Å². The monoisotopic (exact) mass is 298 g/mol. The van der Waals surface area contributed by atoms with Gasteiger partial charge in [0.05, 0.1) is 30.4 Å². The molecule has 6 nitrogen and oxygen atoms in total. The van der Waals surface area contributed by atoms with E-state index in [4.69, 9.17) is 10.1 Å².